The number of hydrogen-bond donors (Lipinski definition) is 0. The Morgan fingerprint density at radius 3 is 2.44 bits per heavy atom. The molecule has 0 spiro atoms. The largest absolute Gasteiger partial charge is 0.0616 e. The minimum absolute atomic E-state index is 1.32. The minimum Gasteiger partial charge on any atom is -0.0616 e. The van der Waals surface area contributed by atoms with Crippen LogP contribution in [0, 0.1) is 10.5 Å². The average molecular weight is 318 g/mol. The summed E-state index contributed by atoms with van der Waals surface area (Å²) >= 11 is 2.45. The molecule has 0 nitrogen and oxygen atoms in total. The maximum absolute atomic E-state index is 2.45. The van der Waals surface area contributed by atoms with E-state index in [0.29, 0.717) is 0 Å². The van der Waals surface area contributed by atoms with Crippen LogP contribution >= 0.6 is 22.6 Å². The Morgan fingerprint density at radius 2 is 1.56 bits per heavy atom. The van der Waals surface area contributed by atoms with Gasteiger partial charge in [-0.1, -0.05) is 48.0 Å². The number of halogens is 1. The summed E-state index contributed by atoms with van der Waals surface area (Å²) < 4.78 is 1.36. The first-order chi connectivity index (χ1) is 7.75. The van der Waals surface area contributed by atoms with Crippen molar-refractivity contribution in [3.63, 3.8) is 0 Å². The quantitative estimate of drug-likeness (QED) is 0.408. The van der Waals surface area contributed by atoms with Gasteiger partial charge in [0.05, 0.1) is 0 Å². The summed E-state index contributed by atoms with van der Waals surface area (Å²) in [5, 5.41) is 5.36. The van der Waals surface area contributed by atoms with E-state index in [2.05, 4.69) is 78.0 Å². The van der Waals surface area contributed by atoms with Gasteiger partial charge in [0.2, 0.25) is 0 Å². The number of fused-ring (bicyclic) bond motifs is 2. The van der Waals surface area contributed by atoms with Crippen molar-refractivity contribution in [2.75, 3.05) is 0 Å². The lowest BCUT2D eigenvalue weighted by Gasteiger charge is -2.07. The van der Waals surface area contributed by atoms with Gasteiger partial charge in [0.25, 0.3) is 0 Å². The SMILES string of the molecule is Cc1ccc2cc3ccccc3c(I)c2c1. The maximum atomic E-state index is 2.45. The third-order valence-corrected chi connectivity index (χ3v) is 4.12. The van der Waals surface area contributed by atoms with E-state index < -0.39 is 0 Å². The van der Waals surface area contributed by atoms with Crippen LogP contribution in [0.5, 0.6) is 0 Å². The molecule has 16 heavy (non-hydrogen) atoms. The molecule has 3 rings (SSSR count). The van der Waals surface area contributed by atoms with Crippen molar-refractivity contribution in [1.82, 2.24) is 0 Å². The Labute approximate surface area is 108 Å². The van der Waals surface area contributed by atoms with Crippen molar-refractivity contribution in [2.45, 2.75) is 6.92 Å². The molecule has 0 saturated carbocycles. The van der Waals surface area contributed by atoms with Crippen molar-refractivity contribution in [2.24, 2.45) is 0 Å². The van der Waals surface area contributed by atoms with Crippen molar-refractivity contribution < 1.29 is 0 Å². The van der Waals surface area contributed by atoms with Crippen molar-refractivity contribution in [3.05, 3.63) is 57.7 Å². The van der Waals surface area contributed by atoms with Gasteiger partial charge < -0.3 is 0 Å². The summed E-state index contributed by atoms with van der Waals surface area (Å²) in [4.78, 5) is 0. The molecule has 3 aromatic carbocycles. The molecule has 0 aliphatic heterocycles. The Bertz CT molecular complexity index is 683. The summed E-state index contributed by atoms with van der Waals surface area (Å²) in [5.74, 6) is 0. The molecule has 0 N–H and O–H groups in total. The Hall–Kier alpha value is -1.09. The van der Waals surface area contributed by atoms with Crippen LogP contribution in [0.3, 0.4) is 0 Å². The van der Waals surface area contributed by atoms with Crippen LogP contribution in [0.15, 0.2) is 48.5 Å². The summed E-state index contributed by atoms with van der Waals surface area (Å²) in [5.41, 5.74) is 1.32. The highest BCUT2D eigenvalue weighted by atomic mass is 127. The highest BCUT2D eigenvalue weighted by Crippen LogP contribution is 2.30. The van der Waals surface area contributed by atoms with Crippen LogP contribution in [-0.2, 0) is 0 Å². The molecule has 0 amide bonds. The third kappa shape index (κ3) is 1.50. The highest BCUT2D eigenvalue weighted by Gasteiger charge is 2.04. The van der Waals surface area contributed by atoms with Crippen LogP contribution < -0.4 is 0 Å². The summed E-state index contributed by atoms with van der Waals surface area (Å²) in [6.45, 7) is 2.14. The molecule has 0 radical (unpaired) electrons. The zero-order valence-electron chi connectivity index (χ0n) is 9.00. The smallest absolute Gasteiger partial charge is 0.0287 e. The van der Waals surface area contributed by atoms with E-state index in [1.165, 1.54) is 30.7 Å². The Kier molecular flexibility index (Phi) is 2.36. The lowest BCUT2D eigenvalue weighted by Crippen LogP contribution is -1.83. The third-order valence-electron chi connectivity index (χ3n) is 2.95. The molecule has 3 aromatic rings. The van der Waals surface area contributed by atoms with Crippen LogP contribution in [-0.4, -0.2) is 0 Å². The van der Waals surface area contributed by atoms with E-state index in [1.54, 1.807) is 0 Å². The fourth-order valence-corrected chi connectivity index (χ4v) is 3.08. The second-order valence-corrected chi connectivity index (χ2v) is 5.22. The van der Waals surface area contributed by atoms with Gasteiger partial charge in [-0.15, -0.1) is 0 Å². The molecular weight excluding hydrogens is 307 g/mol. The fraction of sp³-hybridized carbons (Fsp3) is 0.0667. The predicted molar refractivity (Wildman–Crippen MR) is 78.9 cm³/mol. The zero-order valence-corrected chi connectivity index (χ0v) is 11.2. The van der Waals surface area contributed by atoms with E-state index >= 15 is 0 Å². The maximum Gasteiger partial charge on any atom is 0.0287 e. The highest BCUT2D eigenvalue weighted by molar-refractivity contribution is 14.1. The lowest BCUT2D eigenvalue weighted by atomic mass is 10.0. The van der Waals surface area contributed by atoms with Gasteiger partial charge in [-0.2, -0.15) is 0 Å². The molecule has 0 atom stereocenters. The first-order valence-corrected chi connectivity index (χ1v) is 6.41. The molecule has 0 aliphatic carbocycles. The molecule has 0 saturated heterocycles. The molecule has 0 aromatic heterocycles. The van der Waals surface area contributed by atoms with E-state index in [9.17, 15) is 0 Å². The predicted octanol–water partition coefficient (Wildman–Crippen LogP) is 4.91. The Morgan fingerprint density at radius 1 is 0.812 bits per heavy atom. The lowest BCUT2D eigenvalue weighted by molar-refractivity contribution is 1.51. The van der Waals surface area contributed by atoms with E-state index in [0.717, 1.165) is 0 Å². The summed E-state index contributed by atoms with van der Waals surface area (Å²) in [7, 11) is 0. The van der Waals surface area contributed by atoms with Gasteiger partial charge in [0.15, 0.2) is 0 Å². The standard InChI is InChI=1S/C15H11I/c1-10-6-7-12-9-11-4-2-3-5-13(11)15(16)14(12)8-10/h2-9H,1H3. The fourth-order valence-electron chi connectivity index (χ4n) is 2.12. The average Bonchev–Trinajstić information content (AvgIpc) is 2.31. The number of hydrogen-bond acceptors (Lipinski definition) is 0. The topological polar surface area (TPSA) is 0 Å². The number of rotatable bonds is 0. The molecule has 0 bridgehead atoms. The molecule has 1 heteroatoms. The van der Waals surface area contributed by atoms with Gasteiger partial charge in [0, 0.05) is 3.57 Å². The normalized spacial score (nSPS) is 11.1. The summed E-state index contributed by atoms with van der Waals surface area (Å²) in [6.07, 6.45) is 0. The molecule has 0 aliphatic rings. The van der Waals surface area contributed by atoms with Gasteiger partial charge >= 0.3 is 0 Å². The molecular formula is C15H11I. The van der Waals surface area contributed by atoms with Gasteiger partial charge in [-0.05, 0) is 57.1 Å². The second-order valence-electron chi connectivity index (χ2n) is 4.14. The van der Waals surface area contributed by atoms with Gasteiger partial charge in [-0.25, -0.2) is 0 Å². The van der Waals surface area contributed by atoms with Gasteiger partial charge in [0.1, 0.15) is 0 Å². The first-order valence-electron chi connectivity index (χ1n) is 5.33. The first kappa shape index (κ1) is 10.1. The van der Waals surface area contributed by atoms with Crippen molar-refractivity contribution in [3.8, 4) is 0 Å². The van der Waals surface area contributed by atoms with E-state index in [4.69, 9.17) is 0 Å². The van der Waals surface area contributed by atoms with Crippen LogP contribution in [0.2, 0.25) is 0 Å². The number of aryl methyl sites for hydroxylation is 1. The Balaban J connectivity index is 2.56. The summed E-state index contributed by atoms with van der Waals surface area (Å²) in [6, 6.07) is 17.5. The molecule has 0 unspecified atom stereocenters. The van der Waals surface area contributed by atoms with Gasteiger partial charge in [-0.3, -0.25) is 0 Å². The van der Waals surface area contributed by atoms with Crippen LogP contribution in [0.4, 0.5) is 0 Å². The minimum atomic E-state index is 1.32. The van der Waals surface area contributed by atoms with Crippen LogP contribution in [0.1, 0.15) is 5.56 Å². The molecule has 0 heterocycles. The molecule has 78 valence electrons. The van der Waals surface area contributed by atoms with Crippen LogP contribution in [0.25, 0.3) is 21.5 Å². The monoisotopic (exact) mass is 318 g/mol. The number of benzene rings is 3. The molecule has 0 fully saturated rings. The zero-order chi connectivity index (χ0) is 11.1. The van der Waals surface area contributed by atoms with Crippen molar-refractivity contribution in [1.29, 1.82) is 0 Å². The van der Waals surface area contributed by atoms with Crippen molar-refractivity contribution >= 4 is 44.1 Å². The van der Waals surface area contributed by atoms with E-state index in [-0.39, 0.29) is 0 Å². The van der Waals surface area contributed by atoms with E-state index in [1.807, 2.05) is 0 Å². The second kappa shape index (κ2) is 3.74.